The van der Waals surface area contributed by atoms with E-state index in [4.69, 9.17) is 14.7 Å². The lowest BCUT2D eigenvalue weighted by atomic mass is 9.80. The first kappa shape index (κ1) is 12.3. The molecule has 0 aliphatic carbocycles. The third-order valence-electron chi connectivity index (χ3n) is 3.48. The normalized spacial score (nSPS) is 21.5. The van der Waals surface area contributed by atoms with Crippen molar-refractivity contribution >= 4 is 18.8 Å². The second-order valence-electron chi connectivity index (χ2n) is 5.25. The molecule has 0 aromatic carbocycles. The predicted octanol–water partition coefficient (Wildman–Crippen LogP) is 1.38. The van der Waals surface area contributed by atoms with Crippen molar-refractivity contribution in [2.75, 3.05) is 0 Å². The lowest BCUT2D eigenvalue weighted by Gasteiger charge is -2.32. The Kier molecular flexibility index (Phi) is 2.83. The molecule has 1 aromatic heterocycles. The lowest BCUT2D eigenvalue weighted by Crippen LogP contribution is -2.41. The van der Waals surface area contributed by atoms with Crippen molar-refractivity contribution in [3.63, 3.8) is 0 Å². The van der Waals surface area contributed by atoms with E-state index in [1.165, 1.54) is 6.21 Å². The fourth-order valence-electron chi connectivity index (χ4n) is 1.62. The Balaban J connectivity index is 2.22. The second kappa shape index (κ2) is 3.93. The Bertz CT molecular complexity index is 413. The molecule has 0 spiro atoms. The fraction of sp³-hybridized carbons (Fsp3) is 0.500. The summed E-state index contributed by atoms with van der Waals surface area (Å²) in [5.74, 6) is 0. The molecule has 5 heteroatoms. The van der Waals surface area contributed by atoms with Gasteiger partial charge in [0, 0.05) is 17.9 Å². The number of aromatic nitrogens is 1. The van der Waals surface area contributed by atoms with Crippen molar-refractivity contribution in [3.05, 3.63) is 24.0 Å². The van der Waals surface area contributed by atoms with Gasteiger partial charge in [-0.05, 0) is 33.8 Å². The van der Waals surface area contributed by atoms with E-state index in [-0.39, 0.29) is 18.3 Å². The minimum Gasteiger partial charge on any atom is -0.399 e. The van der Waals surface area contributed by atoms with Crippen molar-refractivity contribution < 1.29 is 9.31 Å². The molecule has 17 heavy (non-hydrogen) atoms. The van der Waals surface area contributed by atoms with Gasteiger partial charge in [-0.15, -0.1) is 0 Å². The van der Waals surface area contributed by atoms with E-state index < -0.39 is 0 Å². The summed E-state index contributed by atoms with van der Waals surface area (Å²) < 4.78 is 11.8. The maximum absolute atomic E-state index is 7.10. The number of rotatable bonds is 2. The summed E-state index contributed by atoms with van der Waals surface area (Å²) in [6, 6.07) is 3.67. The van der Waals surface area contributed by atoms with Crippen molar-refractivity contribution in [3.8, 4) is 0 Å². The highest BCUT2D eigenvalue weighted by Gasteiger charge is 2.51. The molecule has 4 nitrogen and oxygen atoms in total. The van der Waals surface area contributed by atoms with E-state index in [1.54, 1.807) is 12.3 Å². The third kappa shape index (κ3) is 2.12. The van der Waals surface area contributed by atoms with Gasteiger partial charge in [0.2, 0.25) is 0 Å². The molecule has 0 saturated carbocycles. The van der Waals surface area contributed by atoms with Crippen LogP contribution in [-0.2, 0) is 9.31 Å². The topological polar surface area (TPSA) is 55.2 Å². The summed E-state index contributed by atoms with van der Waals surface area (Å²) in [6.45, 7) is 8.08. The molecule has 90 valence electrons. The van der Waals surface area contributed by atoms with Gasteiger partial charge in [-0.25, -0.2) is 0 Å². The number of hydrogen-bond donors (Lipinski definition) is 1. The quantitative estimate of drug-likeness (QED) is 0.619. The molecule has 0 bridgehead atoms. The minimum absolute atomic E-state index is 0.335. The van der Waals surface area contributed by atoms with E-state index in [0.717, 1.165) is 5.46 Å². The summed E-state index contributed by atoms with van der Waals surface area (Å²) in [7, 11) is -0.382. The summed E-state index contributed by atoms with van der Waals surface area (Å²) >= 11 is 0. The van der Waals surface area contributed by atoms with Gasteiger partial charge >= 0.3 is 7.12 Å². The number of nitrogens with zero attached hydrogens (tertiary/aromatic N) is 1. The zero-order valence-electron chi connectivity index (χ0n) is 10.7. The molecular formula is C12H17BN2O2. The van der Waals surface area contributed by atoms with Gasteiger partial charge in [-0.1, -0.05) is 6.07 Å². The maximum atomic E-state index is 7.10. The van der Waals surface area contributed by atoms with Crippen LogP contribution in [0, 0.1) is 5.41 Å². The monoisotopic (exact) mass is 232 g/mol. The van der Waals surface area contributed by atoms with Crippen molar-refractivity contribution in [1.29, 1.82) is 5.41 Å². The Morgan fingerprint density at radius 2 is 1.76 bits per heavy atom. The van der Waals surface area contributed by atoms with Gasteiger partial charge < -0.3 is 14.7 Å². The fourth-order valence-corrected chi connectivity index (χ4v) is 1.62. The maximum Gasteiger partial charge on any atom is 0.496 e. The van der Waals surface area contributed by atoms with Gasteiger partial charge in [0.1, 0.15) is 0 Å². The highest BCUT2D eigenvalue weighted by Crippen LogP contribution is 2.36. The molecule has 1 saturated heterocycles. The van der Waals surface area contributed by atoms with Crippen LogP contribution in [0.4, 0.5) is 0 Å². The van der Waals surface area contributed by atoms with E-state index in [9.17, 15) is 0 Å². The first-order valence-electron chi connectivity index (χ1n) is 5.68. The van der Waals surface area contributed by atoms with E-state index in [0.29, 0.717) is 5.69 Å². The Morgan fingerprint density at radius 1 is 1.18 bits per heavy atom. The number of pyridine rings is 1. The molecule has 1 aromatic rings. The molecule has 1 aliphatic rings. The van der Waals surface area contributed by atoms with Gasteiger partial charge in [-0.2, -0.15) is 0 Å². The molecule has 0 unspecified atom stereocenters. The molecular weight excluding hydrogens is 215 g/mol. The van der Waals surface area contributed by atoms with Crippen LogP contribution >= 0.6 is 0 Å². The highest BCUT2D eigenvalue weighted by atomic mass is 16.7. The lowest BCUT2D eigenvalue weighted by molar-refractivity contribution is 0.00578. The van der Waals surface area contributed by atoms with Crippen molar-refractivity contribution in [2.24, 2.45) is 0 Å². The van der Waals surface area contributed by atoms with Crippen molar-refractivity contribution in [2.45, 2.75) is 38.9 Å². The first-order valence-corrected chi connectivity index (χ1v) is 5.68. The molecule has 2 rings (SSSR count). The Hall–Kier alpha value is -1.20. The SMILES string of the molecule is CC1(C)OB(c2ccc(C=N)nc2)OC1(C)C. The summed E-state index contributed by atoms with van der Waals surface area (Å²) in [6.07, 6.45) is 2.91. The Labute approximate surface area is 102 Å². The van der Waals surface area contributed by atoms with E-state index in [1.807, 2.05) is 33.8 Å². The molecule has 1 N–H and O–H groups in total. The first-order chi connectivity index (χ1) is 7.86. The van der Waals surface area contributed by atoms with Crippen LogP contribution in [0.1, 0.15) is 33.4 Å². The van der Waals surface area contributed by atoms with Crippen LogP contribution < -0.4 is 5.46 Å². The molecule has 0 atom stereocenters. The molecule has 1 aliphatic heterocycles. The van der Waals surface area contributed by atoms with Crippen LogP contribution in [0.2, 0.25) is 0 Å². The highest BCUT2D eigenvalue weighted by molar-refractivity contribution is 6.62. The van der Waals surface area contributed by atoms with Crippen LogP contribution in [-0.4, -0.2) is 29.5 Å². The summed E-state index contributed by atoms with van der Waals surface area (Å²) in [5.41, 5.74) is 0.843. The van der Waals surface area contributed by atoms with E-state index >= 15 is 0 Å². The largest absolute Gasteiger partial charge is 0.496 e. The summed E-state index contributed by atoms with van der Waals surface area (Å²) in [4.78, 5) is 4.13. The van der Waals surface area contributed by atoms with Crippen LogP contribution in [0.15, 0.2) is 18.3 Å². The molecule has 0 radical (unpaired) electrons. The standard InChI is InChI=1S/C12H17BN2O2/c1-11(2)12(3,4)17-13(16-11)9-5-6-10(7-14)15-8-9/h5-8,14H,1-4H3. The van der Waals surface area contributed by atoms with Gasteiger partial charge in [0.15, 0.2) is 0 Å². The van der Waals surface area contributed by atoms with Gasteiger partial charge in [0.25, 0.3) is 0 Å². The third-order valence-corrected chi connectivity index (χ3v) is 3.48. The van der Waals surface area contributed by atoms with Gasteiger partial charge in [0.05, 0.1) is 16.9 Å². The molecule has 1 fully saturated rings. The molecule has 2 heterocycles. The number of hydrogen-bond acceptors (Lipinski definition) is 4. The predicted molar refractivity (Wildman–Crippen MR) is 67.8 cm³/mol. The Morgan fingerprint density at radius 3 is 2.18 bits per heavy atom. The second-order valence-corrected chi connectivity index (χ2v) is 5.25. The zero-order valence-corrected chi connectivity index (χ0v) is 10.7. The molecule has 0 amide bonds. The number of nitrogens with one attached hydrogen (secondary N) is 1. The smallest absolute Gasteiger partial charge is 0.399 e. The van der Waals surface area contributed by atoms with Crippen molar-refractivity contribution in [1.82, 2.24) is 4.98 Å². The average molecular weight is 232 g/mol. The minimum atomic E-state index is -0.382. The zero-order chi connectivity index (χ0) is 12.7. The van der Waals surface area contributed by atoms with Crippen LogP contribution in [0.5, 0.6) is 0 Å². The van der Waals surface area contributed by atoms with Crippen LogP contribution in [0.25, 0.3) is 0 Å². The van der Waals surface area contributed by atoms with Gasteiger partial charge in [-0.3, -0.25) is 4.98 Å². The van der Waals surface area contributed by atoms with E-state index in [2.05, 4.69) is 4.98 Å². The average Bonchev–Trinajstić information content (AvgIpc) is 2.48. The summed E-state index contributed by atoms with van der Waals surface area (Å²) in [5, 5.41) is 7.10. The van der Waals surface area contributed by atoms with Crippen LogP contribution in [0.3, 0.4) is 0 Å².